The fraction of sp³-hybridized carbons (Fsp3) is 0.421. The van der Waals surface area contributed by atoms with Crippen molar-refractivity contribution in [2.24, 2.45) is 4.99 Å². The molecule has 5 nitrogen and oxygen atoms in total. The molecule has 0 unspecified atom stereocenters. The minimum absolute atomic E-state index is 0.197. The Labute approximate surface area is 149 Å². The predicted molar refractivity (Wildman–Crippen MR) is 101 cm³/mol. The maximum atomic E-state index is 12.9. The van der Waals surface area contributed by atoms with E-state index in [-0.39, 0.29) is 5.82 Å². The first-order valence-electron chi connectivity index (χ1n) is 8.73. The number of aromatic nitrogens is 1. The predicted octanol–water partition coefficient (Wildman–Crippen LogP) is 2.31. The first-order valence-corrected chi connectivity index (χ1v) is 8.73. The van der Waals surface area contributed by atoms with Crippen LogP contribution in [0.15, 0.2) is 53.8 Å². The Hall–Kier alpha value is -2.34. The van der Waals surface area contributed by atoms with Crippen molar-refractivity contribution in [2.45, 2.75) is 20.0 Å². The van der Waals surface area contributed by atoms with Gasteiger partial charge in [-0.25, -0.2) is 4.39 Å². The zero-order valence-corrected chi connectivity index (χ0v) is 15.1. The first-order chi connectivity index (χ1) is 12.2. The maximum absolute atomic E-state index is 12.9. The smallest absolute Gasteiger partial charge is 0.191 e. The molecule has 0 amide bonds. The molecule has 0 saturated heterocycles. The minimum atomic E-state index is -0.197. The Bertz CT molecular complexity index is 622. The lowest BCUT2D eigenvalue weighted by Crippen LogP contribution is -2.39. The van der Waals surface area contributed by atoms with Crippen molar-refractivity contribution in [3.05, 3.63) is 60.2 Å². The van der Waals surface area contributed by atoms with Crippen LogP contribution in [0.3, 0.4) is 0 Å². The third kappa shape index (κ3) is 7.39. The molecule has 1 heterocycles. The Kier molecular flexibility index (Phi) is 7.98. The lowest BCUT2D eigenvalue weighted by atomic mass is 10.2. The molecule has 0 atom stereocenters. The molecule has 0 aliphatic heterocycles. The Morgan fingerprint density at radius 1 is 1.16 bits per heavy atom. The summed E-state index contributed by atoms with van der Waals surface area (Å²) >= 11 is 0. The van der Waals surface area contributed by atoms with E-state index < -0.39 is 0 Å². The van der Waals surface area contributed by atoms with Crippen LogP contribution in [-0.2, 0) is 13.1 Å². The molecule has 2 rings (SSSR count). The second-order valence-electron chi connectivity index (χ2n) is 5.97. The molecular formula is C19H28FN5. The molecule has 0 saturated carbocycles. The summed E-state index contributed by atoms with van der Waals surface area (Å²) in [7, 11) is 2.05. The molecule has 0 radical (unpaired) electrons. The average molecular weight is 345 g/mol. The standard InChI is InChI=1S/C19H28FN5/c1-3-21-19(23-11-15-25-12-4-5-13-25)22-10-14-24(2)16-17-6-8-18(20)9-7-17/h4-9,12-13H,3,10-11,14-16H2,1-2H3,(H2,21,22,23). The van der Waals surface area contributed by atoms with Gasteiger partial charge < -0.3 is 20.1 Å². The van der Waals surface area contributed by atoms with Crippen molar-refractivity contribution in [2.75, 3.05) is 33.2 Å². The maximum Gasteiger partial charge on any atom is 0.191 e. The van der Waals surface area contributed by atoms with Crippen LogP contribution in [0.4, 0.5) is 4.39 Å². The highest BCUT2D eigenvalue weighted by atomic mass is 19.1. The van der Waals surface area contributed by atoms with E-state index in [1.54, 1.807) is 0 Å². The second-order valence-corrected chi connectivity index (χ2v) is 5.97. The van der Waals surface area contributed by atoms with Crippen LogP contribution < -0.4 is 10.6 Å². The summed E-state index contributed by atoms with van der Waals surface area (Å²) in [6.45, 7) is 6.95. The SMILES string of the molecule is CCNC(=NCCN(C)Cc1ccc(F)cc1)NCCn1cccc1. The van der Waals surface area contributed by atoms with Gasteiger partial charge in [0.15, 0.2) is 5.96 Å². The highest BCUT2D eigenvalue weighted by Gasteiger charge is 2.01. The van der Waals surface area contributed by atoms with Crippen molar-refractivity contribution < 1.29 is 4.39 Å². The summed E-state index contributed by atoms with van der Waals surface area (Å²) in [5, 5.41) is 6.61. The third-order valence-corrected chi connectivity index (χ3v) is 3.79. The van der Waals surface area contributed by atoms with Gasteiger partial charge in [0.2, 0.25) is 0 Å². The summed E-state index contributed by atoms with van der Waals surface area (Å²) in [5.41, 5.74) is 1.10. The topological polar surface area (TPSA) is 44.6 Å². The summed E-state index contributed by atoms with van der Waals surface area (Å²) in [6.07, 6.45) is 4.10. The number of nitrogens with zero attached hydrogens (tertiary/aromatic N) is 3. The summed E-state index contributed by atoms with van der Waals surface area (Å²) < 4.78 is 15.1. The van der Waals surface area contributed by atoms with Gasteiger partial charge in [-0.05, 0) is 43.8 Å². The van der Waals surface area contributed by atoms with E-state index in [9.17, 15) is 4.39 Å². The highest BCUT2D eigenvalue weighted by Crippen LogP contribution is 2.05. The van der Waals surface area contributed by atoms with E-state index >= 15 is 0 Å². The number of nitrogens with one attached hydrogen (secondary N) is 2. The van der Waals surface area contributed by atoms with Crippen LogP contribution in [0.1, 0.15) is 12.5 Å². The van der Waals surface area contributed by atoms with Gasteiger partial charge in [0.1, 0.15) is 5.82 Å². The number of rotatable bonds is 9. The van der Waals surface area contributed by atoms with Crippen molar-refractivity contribution in [3.63, 3.8) is 0 Å². The molecule has 0 bridgehead atoms. The number of likely N-dealkylation sites (N-methyl/N-ethyl adjacent to an activating group) is 1. The van der Waals surface area contributed by atoms with Crippen molar-refractivity contribution >= 4 is 5.96 Å². The van der Waals surface area contributed by atoms with Crippen LogP contribution in [0.5, 0.6) is 0 Å². The second kappa shape index (κ2) is 10.5. The van der Waals surface area contributed by atoms with Gasteiger partial charge in [-0.3, -0.25) is 4.99 Å². The van der Waals surface area contributed by atoms with Crippen LogP contribution in [-0.4, -0.2) is 48.7 Å². The van der Waals surface area contributed by atoms with Gasteiger partial charge in [0.05, 0.1) is 6.54 Å². The monoisotopic (exact) mass is 345 g/mol. The Morgan fingerprint density at radius 2 is 1.88 bits per heavy atom. The molecule has 0 aliphatic carbocycles. The van der Waals surface area contributed by atoms with Crippen molar-refractivity contribution in [1.82, 2.24) is 20.1 Å². The van der Waals surface area contributed by atoms with E-state index in [0.29, 0.717) is 6.54 Å². The van der Waals surface area contributed by atoms with E-state index in [4.69, 9.17) is 0 Å². The molecule has 1 aromatic heterocycles. The largest absolute Gasteiger partial charge is 0.357 e. The first kappa shape index (κ1) is 19.0. The van der Waals surface area contributed by atoms with Gasteiger partial charge in [-0.2, -0.15) is 0 Å². The lowest BCUT2D eigenvalue weighted by molar-refractivity contribution is 0.336. The molecule has 1 aromatic carbocycles. The van der Waals surface area contributed by atoms with E-state index in [1.807, 2.05) is 31.3 Å². The molecule has 0 spiro atoms. The molecule has 25 heavy (non-hydrogen) atoms. The number of aliphatic imine (C=N–C) groups is 1. The van der Waals surface area contributed by atoms with Crippen molar-refractivity contribution in [1.29, 1.82) is 0 Å². The zero-order valence-electron chi connectivity index (χ0n) is 15.1. The molecule has 2 aromatic rings. The van der Waals surface area contributed by atoms with Gasteiger partial charge in [-0.1, -0.05) is 12.1 Å². The molecule has 136 valence electrons. The highest BCUT2D eigenvalue weighted by molar-refractivity contribution is 5.79. The van der Waals surface area contributed by atoms with E-state index in [1.165, 1.54) is 12.1 Å². The summed E-state index contributed by atoms with van der Waals surface area (Å²) in [5.74, 6) is 0.641. The van der Waals surface area contributed by atoms with Crippen molar-refractivity contribution in [3.8, 4) is 0 Å². The van der Waals surface area contributed by atoms with Gasteiger partial charge >= 0.3 is 0 Å². The number of hydrogen-bond donors (Lipinski definition) is 2. The van der Waals surface area contributed by atoms with Gasteiger partial charge in [0.25, 0.3) is 0 Å². The van der Waals surface area contributed by atoms with Crippen LogP contribution in [0.25, 0.3) is 0 Å². The minimum Gasteiger partial charge on any atom is -0.357 e. The fourth-order valence-corrected chi connectivity index (χ4v) is 2.48. The number of hydrogen-bond acceptors (Lipinski definition) is 2. The summed E-state index contributed by atoms with van der Waals surface area (Å²) in [4.78, 5) is 6.79. The summed E-state index contributed by atoms with van der Waals surface area (Å²) in [6, 6.07) is 10.7. The fourth-order valence-electron chi connectivity index (χ4n) is 2.48. The normalized spacial score (nSPS) is 11.8. The number of benzene rings is 1. The molecule has 0 aliphatic rings. The van der Waals surface area contributed by atoms with Crippen LogP contribution in [0, 0.1) is 5.82 Å². The average Bonchev–Trinajstić information content (AvgIpc) is 3.10. The molecule has 2 N–H and O–H groups in total. The molecular weight excluding hydrogens is 317 g/mol. The zero-order chi connectivity index (χ0) is 17.9. The Balaban J connectivity index is 1.72. The van der Waals surface area contributed by atoms with E-state index in [2.05, 4.69) is 44.4 Å². The lowest BCUT2D eigenvalue weighted by Gasteiger charge is -2.16. The quantitative estimate of drug-likeness (QED) is 0.541. The van der Waals surface area contributed by atoms with Crippen LogP contribution >= 0.6 is 0 Å². The molecule has 6 heteroatoms. The van der Waals surface area contributed by atoms with Crippen LogP contribution in [0.2, 0.25) is 0 Å². The molecule has 0 fully saturated rings. The number of guanidine groups is 1. The number of halogens is 1. The third-order valence-electron chi connectivity index (χ3n) is 3.79. The Morgan fingerprint density at radius 3 is 2.56 bits per heavy atom. The van der Waals surface area contributed by atoms with E-state index in [0.717, 1.165) is 44.2 Å². The van der Waals surface area contributed by atoms with Gasteiger partial charge in [-0.15, -0.1) is 0 Å². The van der Waals surface area contributed by atoms with Gasteiger partial charge in [0, 0.05) is 45.1 Å².